The zero-order valence-corrected chi connectivity index (χ0v) is 40.5. The zero-order chi connectivity index (χ0) is 53.5. The summed E-state index contributed by atoms with van der Waals surface area (Å²) < 4.78 is 0. The number of primary amides is 2. The molecule has 1 aliphatic heterocycles. The molecule has 4 rings (SSSR count). The maximum absolute atomic E-state index is 14.4. The van der Waals surface area contributed by atoms with Crippen LogP contribution < -0.4 is 70.8 Å². The Bertz CT molecular complexity index is 2450. The Morgan fingerprint density at radius 1 is 0.753 bits per heavy atom. The second-order valence-electron chi connectivity index (χ2n) is 17.4. The lowest BCUT2D eigenvalue weighted by Crippen LogP contribution is -2.61. The van der Waals surface area contributed by atoms with Gasteiger partial charge in [0.2, 0.25) is 53.2 Å². The molecule has 0 saturated carbocycles. The Labute approximate surface area is 420 Å². The quantitative estimate of drug-likeness (QED) is 0.0349. The van der Waals surface area contributed by atoms with Crippen molar-refractivity contribution < 1.29 is 53.1 Å². The van der Waals surface area contributed by atoms with Gasteiger partial charge in [0.15, 0.2) is 5.96 Å². The van der Waals surface area contributed by atoms with Crippen LogP contribution in [0.25, 0.3) is 10.9 Å². The molecule has 0 spiro atoms. The minimum absolute atomic E-state index is 0.000449. The monoisotopic (exact) mass is 1020 g/mol. The number of nitrogens with two attached hydrogens (primary N) is 4. The number of aliphatic imine (C=N–C) groups is 1. The number of nitrogens with zero attached hydrogens (tertiary/aromatic N) is 1. The Morgan fingerprint density at radius 2 is 1.38 bits per heavy atom. The van der Waals surface area contributed by atoms with Crippen LogP contribution in [-0.2, 0) is 56.0 Å². The number of carbonyl (C=O) groups excluding carboxylic acids is 10. The molecule has 1 aromatic heterocycles. The number of fused-ring (bicyclic) bond motifs is 1. The summed E-state index contributed by atoms with van der Waals surface area (Å²) in [6.45, 7) is 0.190. The molecule has 7 atom stereocenters. The minimum Gasteiger partial charge on any atom is -0.394 e. The number of hydrogen-bond donors (Lipinski definition) is 15. The number of nitrogens with one attached hydrogen (secondary N) is 10. The van der Waals surface area contributed by atoms with Gasteiger partial charge >= 0.3 is 6.03 Å². The predicted molar refractivity (Wildman–Crippen MR) is 266 cm³/mol. The highest BCUT2D eigenvalue weighted by molar-refractivity contribution is 5.99. The summed E-state index contributed by atoms with van der Waals surface area (Å²) in [6.07, 6.45) is 1.28. The first-order chi connectivity index (χ1) is 34.8. The Morgan fingerprint density at radius 3 is 2.05 bits per heavy atom. The van der Waals surface area contributed by atoms with Gasteiger partial charge in [-0.2, -0.15) is 0 Å². The number of rotatable bonds is 17. The molecule has 26 nitrogen and oxygen atoms in total. The summed E-state index contributed by atoms with van der Waals surface area (Å²) in [5.74, 6) is -8.07. The van der Waals surface area contributed by atoms with Crippen molar-refractivity contribution >= 4 is 76.1 Å². The molecule has 1 aliphatic rings. The standard InChI is InChI=1S/C47H67N15O11/c1-26(64)56-32(16-9-19-53-46(49)50)40(67)61-36-23-38(65)52-18-8-7-15-31(39(48)66)57-43(70)35(22-28-24-55-30-14-6-5-13-29(28)30)60-41(68)33(17-10-20-54-47(51)73)58-42(69)34(21-27-11-3-2-4-12-27)59-45(72)37(25-63)62-44(36)71/h2-6,11-14,24,31-37,55,63H,7-10,15-23,25H2,1H3,(H2,48,66)(H,52,65)(H,56,64)(H,57,70)(H,58,69)(H,59,72)(H,60,68)(H,61,67)(H,62,71)(H4,49,50,53)(H3,51,54,73). The lowest BCUT2D eigenvalue weighted by Gasteiger charge is -2.27. The van der Waals surface area contributed by atoms with Gasteiger partial charge in [-0.15, -0.1) is 0 Å². The van der Waals surface area contributed by atoms with Crippen molar-refractivity contribution in [3.8, 4) is 0 Å². The van der Waals surface area contributed by atoms with Crippen molar-refractivity contribution in [1.82, 2.24) is 52.8 Å². The van der Waals surface area contributed by atoms with Gasteiger partial charge in [-0.05, 0) is 62.1 Å². The van der Waals surface area contributed by atoms with Crippen LogP contribution in [0.1, 0.15) is 69.4 Å². The van der Waals surface area contributed by atoms with E-state index in [2.05, 4.69) is 57.8 Å². The number of aromatic nitrogens is 1. The summed E-state index contributed by atoms with van der Waals surface area (Å²) in [5, 5.41) is 34.1. The molecule has 11 amide bonds. The molecule has 2 aromatic carbocycles. The van der Waals surface area contributed by atoms with Crippen LogP contribution in [0.2, 0.25) is 0 Å². The topological polar surface area (TPSA) is 431 Å². The van der Waals surface area contributed by atoms with Gasteiger partial charge in [0.05, 0.1) is 13.0 Å². The van der Waals surface area contributed by atoms with E-state index in [1.807, 2.05) is 18.2 Å². The number of benzene rings is 2. The van der Waals surface area contributed by atoms with Gasteiger partial charge in [0, 0.05) is 56.5 Å². The summed E-state index contributed by atoms with van der Waals surface area (Å²) >= 11 is 0. The van der Waals surface area contributed by atoms with Crippen LogP contribution in [0.15, 0.2) is 65.8 Å². The summed E-state index contributed by atoms with van der Waals surface area (Å²) in [5.41, 5.74) is 23.7. The van der Waals surface area contributed by atoms with Crippen LogP contribution in [0.3, 0.4) is 0 Å². The molecule has 2 heterocycles. The summed E-state index contributed by atoms with van der Waals surface area (Å²) in [4.78, 5) is 142. The van der Waals surface area contributed by atoms with E-state index in [-0.39, 0.29) is 83.4 Å². The number of aliphatic hydroxyl groups excluding tert-OH is 1. The first-order valence-corrected chi connectivity index (χ1v) is 23.8. The van der Waals surface area contributed by atoms with Gasteiger partial charge in [-0.25, -0.2) is 4.79 Å². The number of H-pyrrole nitrogens is 1. The number of aliphatic hydroxyl groups is 1. The molecule has 396 valence electrons. The SMILES string of the molecule is CC(=O)NC(CCCN=C(N)N)C(=O)NC1CC(=O)NCCCCC(C(N)=O)NC(=O)C(Cc2c[nH]c3ccccc23)NC(=O)C(CCCNC(N)=O)NC(=O)C(Cc2ccccc2)NC(=O)C(CO)NC1=O. The Balaban J connectivity index is 1.73. The van der Waals surface area contributed by atoms with E-state index in [1.54, 1.807) is 42.6 Å². The van der Waals surface area contributed by atoms with Crippen molar-refractivity contribution in [2.75, 3.05) is 26.2 Å². The largest absolute Gasteiger partial charge is 0.394 e. The second kappa shape index (κ2) is 29.1. The Hall–Kier alpha value is -8.29. The van der Waals surface area contributed by atoms with E-state index in [4.69, 9.17) is 22.9 Å². The highest BCUT2D eigenvalue weighted by atomic mass is 16.3. The number of amides is 11. The average molecular weight is 1020 g/mol. The molecule has 1 saturated heterocycles. The number of hydrogen-bond acceptors (Lipinski definition) is 12. The first-order valence-electron chi connectivity index (χ1n) is 23.8. The number of para-hydroxylation sites is 1. The normalized spacial score (nSPS) is 21.3. The maximum Gasteiger partial charge on any atom is 0.312 e. The molecule has 0 radical (unpaired) electrons. The number of urea groups is 1. The third-order valence-corrected chi connectivity index (χ3v) is 11.6. The van der Waals surface area contributed by atoms with Gasteiger partial charge < -0.3 is 80.9 Å². The molecule has 3 aromatic rings. The molecule has 7 unspecified atom stereocenters. The number of guanidine groups is 1. The molecular weight excluding hydrogens is 951 g/mol. The van der Waals surface area contributed by atoms with Crippen LogP contribution in [0.5, 0.6) is 0 Å². The highest BCUT2D eigenvalue weighted by Gasteiger charge is 2.35. The van der Waals surface area contributed by atoms with Gasteiger partial charge in [0.1, 0.15) is 42.3 Å². The molecule has 26 heteroatoms. The fourth-order valence-corrected chi connectivity index (χ4v) is 7.87. The van der Waals surface area contributed by atoms with E-state index in [1.165, 1.54) is 6.92 Å². The van der Waals surface area contributed by atoms with Gasteiger partial charge in [-0.3, -0.25) is 48.1 Å². The third kappa shape index (κ3) is 19.4. The first kappa shape index (κ1) is 57.3. The van der Waals surface area contributed by atoms with Crippen LogP contribution in [0.4, 0.5) is 4.79 Å². The van der Waals surface area contributed by atoms with Crippen molar-refractivity contribution in [3.63, 3.8) is 0 Å². The molecule has 0 aliphatic carbocycles. The second-order valence-corrected chi connectivity index (χ2v) is 17.4. The molecule has 73 heavy (non-hydrogen) atoms. The lowest BCUT2D eigenvalue weighted by atomic mass is 10.0. The van der Waals surface area contributed by atoms with E-state index in [9.17, 15) is 53.1 Å². The van der Waals surface area contributed by atoms with Crippen LogP contribution >= 0.6 is 0 Å². The summed E-state index contributed by atoms with van der Waals surface area (Å²) in [7, 11) is 0. The third-order valence-electron chi connectivity index (χ3n) is 11.6. The molecule has 19 N–H and O–H groups in total. The number of carbonyl (C=O) groups is 10. The van der Waals surface area contributed by atoms with Crippen LogP contribution in [0, 0.1) is 0 Å². The number of aromatic amines is 1. The molecular formula is C47H67N15O11. The van der Waals surface area contributed by atoms with E-state index >= 15 is 0 Å². The van der Waals surface area contributed by atoms with Gasteiger partial charge in [-0.1, -0.05) is 48.5 Å². The lowest BCUT2D eigenvalue weighted by molar-refractivity contribution is -0.136. The van der Waals surface area contributed by atoms with Crippen molar-refractivity contribution in [2.45, 2.75) is 113 Å². The fourth-order valence-electron chi connectivity index (χ4n) is 7.87. The maximum atomic E-state index is 14.4. The van der Waals surface area contributed by atoms with Crippen molar-refractivity contribution in [1.29, 1.82) is 0 Å². The average Bonchev–Trinajstić information content (AvgIpc) is 3.75. The van der Waals surface area contributed by atoms with E-state index in [0.717, 1.165) is 10.9 Å². The van der Waals surface area contributed by atoms with Crippen molar-refractivity contribution in [3.05, 3.63) is 71.9 Å². The van der Waals surface area contributed by atoms with Crippen molar-refractivity contribution in [2.24, 2.45) is 27.9 Å². The smallest absolute Gasteiger partial charge is 0.312 e. The Kier molecular flexibility index (Phi) is 22.9. The van der Waals surface area contributed by atoms with Gasteiger partial charge in [0.25, 0.3) is 0 Å². The predicted octanol–water partition coefficient (Wildman–Crippen LogP) is -3.96. The summed E-state index contributed by atoms with van der Waals surface area (Å²) in [6, 6.07) is 4.53. The fraction of sp³-hybridized carbons (Fsp3) is 0.468. The van der Waals surface area contributed by atoms with E-state index in [0.29, 0.717) is 11.1 Å². The zero-order valence-electron chi connectivity index (χ0n) is 40.5. The van der Waals surface area contributed by atoms with Crippen LogP contribution in [-0.4, -0.2) is 144 Å². The molecule has 0 bridgehead atoms. The highest BCUT2D eigenvalue weighted by Crippen LogP contribution is 2.20. The molecule has 1 fully saturated rings. The minimum atomic E-state index is -1.78. The van der Waals surface area contributed by atoms with E-state index < -0.39 is 115 Å².